The Kier molecular flexibility index (Phi) is 32.7. The molecule has 0 atom stereocenters. The maximum absolute atomic E-state index is 13.6. The van der Waals surface area contributed by atoms with Gasteiger partial charge in [0, 0.05) is 179 Å². The van der Waals surface area contributed by atoms with Crippen molar-refractivity contribution < 1.29 is 36.7 Å². The molecular formula is C87H117Br2ClN18O8P2S. The second-order valence-corrected chi connectivity index (χ2v) is 41.9. The van der Waals surface area contributed by atoms with E-state index in [0.717, 1.165) is 133 Å². The van der Waals surface area contributed by atoms with Gasteiger partial charge in [-0.15, -0.1) is 0 Å². The molecule has 2 aliphatic carbocycles. The van der Waals surface area contributed by atoms with Crippen molar-refractivity contribution in [2.24, 2.45) is 0 Å². The molecule has 0 spiro atoms. The molecule has 7 N–H and O–H groups in total. The zero-order valence-corrected chi connectivity index (χ0v) is 77.2. The predicted molar refractivity (Wildman–Crippen MR) is 492 cm³/mol. The normalized spacial score (nSPS) is 16.6. The van der Waals surface area contributed by atoms with Crippen LogP contribution >= 0.6 is 57.7 Å². The fourth-order valence-corrected chi connectivity index (χ4v) is 18.5. The van der Waals surface area contributed by atoms with Crippen LogP contribution in [-0.2, 0) is 32.1 Å². The minimum Gasteiger partial charge on any atom is -0.495 e. The maximum atomic E-state index is 13.6. The van der Waals surface area contributed by atoms with Crippen molar-refractivity contribution in [3.63, 3.8) is 0 Å². The number of unbranched alkanes of at least 4 members (excludes halogenated alkanes) is 1. The minimum absolute atomic E-state index is 0.0666. The average Bonchev–Trinajstić information content (AvgIpc) is 1.18. The number of anilines is 9. The van der Waals surface area contributed by atoms with Crippen LogP contribution in [-0.4, -0.2) is 230 Å². The summed E-state index contributed by atoms with van der Waals surface area (Å²) in [5.74, 6) is 4.13. The van der Waals surface area contributed by atoms with Gasteiger partial charge >= 0.3 is 0 Å². The van der Waals surface area contributed by atoms with Crippen LogP contribution in [0, 0.1) is 6.92 Å². The van der Waals surface area contributed by atoms with Crippen molar-refractivity contribution in [1.82, 2.24) is 59.5 Å². The standard InChI is InChI=1S/C38H49BrN9O2P.C19H18BrClN5OP.C19H32N4O.C7H8O3S.C4H10O/c1-6-25-19-31(35(50-3)21-34(25)48-13-11-28(12-14-48)47-17-15-46(2)16-18-47)44-38-42-22-29(39)37(45-38)43-30-10-9-27(20-36(30)51(4,5)49)33-24-40-32(23-41-33)26-7-8-26;1-28(2,27)17-7-12(16-10-22-15(9-23-16)11-3-4-11)5-6-14(17)25-18-13(20)8-24-19(21)26-18;1-4-15-13-17(20)19(24-3)14-18(15)23-7-5-16(6-8-23)22-11-9-21(2)10-12-22;1-6-2-4-7(5-3-6)11(8,9)10;1-2-3-4-5/h9-10,19-24,26,28H,6-8,11-18H2,1-5H3,(H2,42,43,44,45);5-11H,3-4H2,1-2H3,(H,24,25,26);13-14,16H,4-12,20H2,1-3H3;2-5H,1H3,(H,8,9,10);5H,2-4H2,1H3. The van der Waals surface area contributed by atoms with Crippen molar-refractivity contribution in [2.45, 2.75) is 134 Å². The Morgan fingerprint density at radius 3 is 1.38 bits per heavy atom. The fourth-order valence-electron chi connectivity index (χ4n) is 15.0. The first-order valence-corrected chi connectivity index (χ1v) is 49.8. The lowest BCUT2D eigenvalue weighted by atomic mass is 9.99. The van der Waals surface area contributed by atoms with Crippen LogP contribution in [0.15, 0.2) is 136 Å². The number of halogens is 3. The Bertz CT molecular complexity index is 5080. The molecule has 4 aromatic heterocycles. The summed E-state index contributed by atoms with van der Waals surface area (Å²) in [5, 5.41) is 19.7. The first-order valence-electron chi connectivity index (χ1n) is 41.2. The number of nitrogens with two attached hydrogens (primary N) is 1. The number of aliphatic hydroxyl groups is 1. The number of hydrogen-bond acceptors (Lipinski definition) is 25. The molecular weight excluding hydrogens is 1710 g/mol. The zero-order chi connectivity index (χ0) is 85.3. The number of nitrogen functional groups attached to an aromatic ring is 1. The fraction of sp³-hybridized carbons (Fsp3) is 0.471. The first kappa shape index (κ1) is 92.0. The largest absolute Gasteiger partial charge is 0.495 e. The molecule has 0 unspecified atom stereocenters. The lowest BCUT2D eigenvalue weighted by Gasteiger charge is -2.43. The van der Waals surface area contributed by atoms with Gasteiger partial charge in [-0.2, -0.15) is 18.4 Å². The Balaban J connectivity index is 0.000000171. The van der Waals surface area contributed by atoms with E-state index in [0.29, 0.717) is 73.0 Å². The third kappa shape index (κ3) is 25.7. The van der Waals surface area contributed by atoms with Crippen molar-refractivity contribution in [3.05, 3.63) is 164 Å². The first-order chi connectivity index (χ1) is 56.9. The maximum Gasteiger partial charge on any atom is 0.294 e. The Hall–Kier alpha value is -7.76. The molecule has 4 aliphatic heterocycles. The van der Waals surface area contributed by atoms with Crippen LogP contribution in [0.2, 0.25) is 5.28 Å². The van der Waals surface area contributed by atoms with Crippen LogP contribution in [0.3, 0.4) is 0 Å². The molecule has 0 radical (unpaired) electrons. The van der Waals surface area contributed by atoms with Gasteiger partial charge in [0.15, 0.2) is 0 Å². The Morgan fingerprint density at radius 2 is 0.983 bits per heavy atom. The van der Waals surface area contributed by atoms with Gasteiger partial charge < -0.3 is 65.0 Å². The number of benzene rings is 5. The van der Waals surface area contributed by atoms with E-state index >= 15 is 0 Å². The van der Waals surface area contributed by atoms with Gasteiger partial charge in [-0.25, -0.2) is 9.97 Å². The third-order valence-electron chi connectivity index (χ3n) is 22.4. The van der Waals surface area contributed by atoms with Crippen LogP contribution in [0.25, 0.3) is 22.5 Å². The number of rotatable bonds is 23. The minimum atomic E-state index is -4.02. The van der Waals surface area contributed by atoms with Crippen LogP contribution in [0.1, 0.15) is 125 Å². The summed E-state index contributed by atoms with van der Waals surface area (Å²) >= 11 is 12.9. The van der Waals surface area contributed by atoms with Crippen LogP contribution in [0.4, 0.5) is 51.7 Å². The van der Waals surface area contributed by atoms with E-state index in [1.54, 1.807) is 71.6 Å². The summed E-state index contributed by atoms with van der Waals surface area (Å²) in [6.07, 6.45) is 24.1. The van der Waals surface area contributed by atoms with Gasteiger partial charge in [-0.3, -0.25) is 34.3 Å². The summed E-state index contributed by atoms with van der Waals surface area (Å²) < 4.78 is 68.8. The molecule has 4 saturated heterocycles. The Labute approximate surface area is 724 Å². The highest BCUT2D eigenvalue weighted by Crippen LogP contribution is 2.45. The van der Waals surface area contributed by atoms with Gasteiger partial charge in [0.25, 0.3) is 10.1 Å². The lowest BCUT2D eigenvalue weighted by Crippen LogP contribution is -2.52. The highest BCUT2D eigenvalue weighted by atomic mass is 79.9. The molecule has 26 nitrogen and oxygen atoms in total. The van der Waals surface area contributed by atoms with Crippen molar-refractivity contribution >= 4 is 130 Å². The summed E-state index contributed by atoms with van der Waals surface area (Å²) in [4.78, 5) is 51.1. The molecule has 9 aromatic rings. The number of aryl methyl sites for hydroxylation is 3. The summed E-state index contributed by atoms with van der Waals surface area (Å²) in [6.45, 7) is 29.5. The summed E-state index contributed by atoms with van der Waals surface area (Å²) in [5.41, 5.74) is 20.5. The molecule has 2 saturated carbocycles. The number of aliphatic hydroxyl groups excluding tert-OH is 1. The number of hydrogen-bond donors (Lipinski definition) is 6. The zero-order valence-electron chi connectivity index (χ0n) is 70.7. The SMILES string of the molecule is CCCCO.CCc1cc(N)c(OC)cc1N1CCC(N2CCN(C)CC2)CC1.CCc1cc(Nc2ncc(Br)c(Nc3ccc(-c4cnc(C5CC5)cn4)cc3P(C)(C)=O)n2)c(OC)cc1N1CCC(N2CCN(C)CC2)CC1.CP(C)(=O)c1cc(-c2cnc(C3CC3)cn2)ccc1Nc1nc(Cl)ncc1Br.Cc1ccc(S(=O)(=O)O)cc1. The molecule has 15 rings (SSSR count). The van der Waals surface area contributed by atoms with Gasteiger partial charge in [0.05, 0.1) is 86.0 Å². The number of nitrogens with zero attached hydrogens (tertiary/aromatic N) is 14. The van der Waals surface area contributed by atoms with Gasteiger partial charge in [0.2, 0.25) is 11.2 Å². The van der Waals surface area contributed by atoms with E-state index in [1.807, 2.05) is 61.9 Å². The molecule has 5 aromatic carbocycles. The predicted octanol–water partition coefficient (Wildman–Crippen LogP) is 16.4. The van der Waals surface area contributed by atoms with Gasteiger partial charge in [0.1, 0.15) is 37.4 Å². The number of methoxy groups -OCH3 is 2. The molecule has 6 aliphatic rings. The van der Waals surface area contributed by atoms with Crippen molar-refractivity contribution in [2.75, 3.05) is 172 Å². The lowest BCUT2D eigenvalue weighted by molar-refractivity contribution is 0.0982. The summed E-state index contributed by atoms with van der Waals surface area (Å²) in [6, 6.07) is 27.5. The quantitative estimate of drug-likeness (QED) is 0.0150. The second kappa shape index (κ2) is 42.4. The molecule has 119 heavy (non-hydrogen) atoms. The van der Waals surface area contributed by atoms with Crippen molar-refractivity contribution in [3.8, 4) is 34.0 Å². The van der Waals surface area contributed by atoms with E-state index in [9.17, 15) is 17.5 Å². The number of piperidine rings is 2. The van der Waals surface area contributed by atoms with E-state index < -0.39 is 24.4 Å². The number of ether oxygens (including phenoxy) is 2. The smallest absolute Gasteiger partial charge is 0.294 e. The van der Waals surface area contributed by atoms with Gasteiger partial charge in [-0.05, 0) is 221 Å². The molecule has 0 bridgehead atoms. The number of aromatic nitrogens is 8. The topological polar surface area (TPSA) is 312 Å². The van der Waals surface area contributed by atoms with Crippen LogP contribution in [0.5, 0.6) is 11.5 Å². The molecule has 32 heteroatoms. The van der Waals surface area contributed by atoms with E-state index in [1.165, 1.54) is 125 Å². The molecule has 0 amide bonds. The molecule has 8 heterocycles. The van der Waals surface area contributed by atoms with Crippen LogP contribution < -0.4 is 51.6 Å². The monoisotopic (exact) mass is 1830 g/mol. The van der Waals surface area contributed by atoms with E-state index in [4.69, 9.17) is 41.5 Å². The highest BCUT2D eigenvalue weighted by molar-refractivity contribution is 9.11. The second-order valence-electron chi connectivity index (χ2n) is 32.1. The van der Waals surface area contributed by atoms with Gasteiger partial charge in [-0.1, -0.05) is 57.0 Å². The average molecular weight is 1830 g/mol. The third-order valence-corrected chi connectivity index (χ3v) is 27.7. The molecule has 640 valence electrons. The number of nitrogens with one attached hydrogen (secondary N) is 3. The summed E-state index contributed by atoms with van der Waals surface area (Å²) in [7, 11) is -1.46. The Morgan fingerprint density at radius 1 is 0.538 bits per heavy atom. The molecule has 6 fully saturated rings. The number of piperazine rings is 2. The van der Waals surface area contributed by atoms with E-state index in [2.05, 4.69) is 171 Å². The highest BCUT2D eigenvalue weighted by Gasteiger charge is 2.32. The number of likely N-dealkylation sites (N-methyl/N-ethyl adjacent to an activating group) is 2. The van der Waals surface area contributed by atoms with Crippen molar-refractivity contribution in [1.29, 1.82) is 0 Å². The van der Waals surface area contributed by atoms with E-state index in [-0.39, 0.29) is 10.2 Å².